The molecule has 0 amide bonds. The van der Waals surface area contributed by atoms with E-state index in [-0.39, 0.29) is 0 Å². The molecule has 1 saturated carbocycles. The van der Waals surface area contributed by atoms with Crippen LogP contribution in [0.2, 0.25) is 0 Å². The van der Waals surface area contributed by atoms with Gasteiger partial charge in [0.1, 0.15) is 0 Å². The van der Waals surface area contributed by atoms with E-state index in [2.05, 4.69) is 95.7 Å². The number of piperazine rings is 1. The average molecular weight is 616 g/mol. The topological polar surface area (TPSA) is 25.0 Å². The minimum Gasteiger partial charge on any atom is -0.385 e. The molecule has 1 aliphatic carbocycles. The van der Waals surface area contributed by atoms with Crippen molar-refractivity contribution in [1.82, 2.24) is 20.0 Å². The zero-order chi connectivity index (χ0) is 31.9. The molecule has 5 rings (SSSR count). The van der Waals surface area contributed by atoms with Crippen molar-refractivity contribution in [2.45, 2.75) is 97.4 Å². The van der Waals surface area contributed by atoms with Crippen LogP contribution in [0, 0.1) is 0 Å². The fraction of sp³-hybridized carbons (Fsp3) is 0.650. The standard InChI is InChI=1S/C36H55N5.C4H10/c1-4-30(32-13-15-34(16-14-32)41-27-25-38(3)26-28-41)29-31(5-2)36(33-11-9-12-33)37-19-10-20-39-23-17-35(18-24-39)40-21-7-6-8-22-40;1-3-4-2/h4-5,13-16,29,35,37H,1,6-12,17-28H2,2-3H3;3-4H2,1-2H3/b30-29+,31-5+;. The van der Waals surface area contributed by atoms with Crippen molar-refractivity contribution in [3.05, 3.63) is 71.5 Å². The Hall–Kier alpha value is -2.34. The van der Waals surface area contributed by atoms with Crippen LogP contribution in [0.4, 0.5) is 5.69 Å². The number of nitrogens with one attached hydrogen (secondary N) is 1. The summed E-state index contributed by atoms with van der Waals surface area (Å²) in [5.74, 6) is 0. The third-order valence-electron chi connectivity index (χ3n) is 10.4. The molecule has 3 saturated heterocycles. The van der Waals surface area contributed by atoms with Gasteiger partial charge in [-0.05, 0) is 139 Å². The number of nitrogens with zero attached hydrogens (tertiary/aromatic N) is 4. The number of benzene rings is 1. The summed E-state index contributed by atoms with van der Waals surface area (Å²) in [6, 6.07) is 9.95. The molecule has 5 nitrogen and oxygen atoms in total. The number of anilines is 1. The van der Waals surface area contributed by atoms with E-state index < -0.39 is 0 Å². The second kappa shape index (κ2) is 19.4. The normalized spacial score (nSPS) is 21.2. The van der Waals surface area contributed by atoms with Gasteiger partial charge in [0.2, 0.25) is 0 Å². The van der Waals surface area contributed by atoms with Crippen LogP contribution in [0.5, 0.6) is 0 Å². The summed E-state index contributed by atoms with van der Waals surface area (Å²) in [4.78, 5) is 10.4. The van der Waals surface area contributed by atoms with Gasteiger partial charge in [-0.3, -0.25) is 0 Å². The summed E-state index contributed by atoms with van der Waals surface area (Å²) in [7, 11) is 2.21. The first-order valence-corrected chi connectivity index (χ1v) is 18.5. The molecule has 4 aliphatic rings. The lowest BCUT2D eigenvalue weighted by Crippen LogP contribution is -2.47. The molecule has 1 N–H and O–H groups in total. The third-order valence-corrected chi connectivity index (χ3v) is 10.4. The fourth-order valence-corrected chi connectivity index (χ4v) is 7.00. The van der Waals surface area contributed by atoms with Crippen molar-refractivity contribution < 1.29 is 0 Å². The lowest BCUT2D eigenvalue weighted by molar-refractivity contribution is 0.0922. The molecule has 1 aromatic rings. The molecule has 3 aliphatic heterocycles. The van der Waals surface area contributed by atoms with Crippen molar-refractivity contribution in [2.24, 2.45) is 0 Å². The summed E-state index contributed by atoms with van der Waals surface area (Å²) >= 11 is 0. The Kier molecular flexibility index (Phi) is 15.3. The maximum Gasteiger partial charge on any atom is 0.0402 e. The largest absolute Gasteiger partial charge is 0.385 e. The van der Waals surface area contributed by atoms with Crippen molar-refractivity contribution in [2.75, 3.05) is 77.4 Å². The second-order valence-corrected chi connectivity index (χ2v) is 13.7. The van der Waals surface area contributed by atoms with E-state index in [1.165, 1.54) is 131 Å². The van der Waals surface area contributed by atoms with E-state index in [1.807, 2.05) is 6.08 Å². The summed E-state index contributed by atoms with van der Waals surface area (Å²) in [5.41, 5.74) is 8.02. The third kappa shape index (κ3) is 10.9. The first kappa shape index (κ1) is 35.5. The number of likely N-dealkylation sites (tertiary alicyclic amines) is 2. The Morgan fingerprint density at radius 2 is 1.53 bits per heavy atom. The molecule has 5 heteroatoms. The molecule has 0 atom stereocenters. The number of likely N-dealkylation sites (N-methyl/N-ethyl adjacent to an activating group) is 1. The Balaban J connectivity index is 0.00000109. The highest BCUT2D eigenvalue weighted by Gasteiger charge is 2.25. The van der Waals surface area contributed by atoms with Gasteiger partial charge in [-0.25, -0.2) is 0 Å². The molecule has 0 spiro atoms. The van der Waals surface area contributed by atoms with Crippen LogP contribution in [0.3, 0.4) is 0 Å². The Bertz CT molecular complexity index is 1090. The average Bonchev–Trinajstić information content (AvgIpc) is 3.07. The van der Waals surface area contributed by atoms with E-state index in [4.69, 9.17) is 0 Å². The first-order chi connectivity index (χ1) is 22.1. The van der Waals surface area contributed by atoms with Crippen molar-refractivity contribution in [3.63, 3.8) is 0 Å². The quantitative estimate of drug-likeness (QED) is 0.189. The number of unbranched alkanes of at least 4 members (excludes halogenated alkanes) is 1. The van der Waals surface area contributed by atoms with Gasteiger partial charge in [0.25, 0.3) is 0 Å². The van der Waals surface area contributed by atoms with Crippen LogP contribution >= 0.6 is 0 Å². The molecule has 250 valence electrons. The molecule has 0 radical (unpaired) electrons. The van der Waals surface area contributed by atoms with E-state index >= 15 is 0 Å². The summed E-state index contributed by atoms with van der Waals surface area (Å²) < 4.78 is 0. The van der Waals surface area contributed by atoms with E-state index in [0.29, 0.717) is 0 Å². The minimum absolute atomic E-state index is 0.839. The zero-order valence-corrected chi connectivity index (χ0v) is 29.5. The second-order valence-electron chi connectivity index (χ2n) is 13.7. The van der Waals surface area contributed by atoms with Gasteiger partial charge in [-0.2, -0.15) is 0 Å². The molecule has 0 aromatic heterocycles. The molecule has 4 fully saturated rings. The van der Waals surface area contributed by atoms with Gasteiger partial charge in [-0.1, -0.05) is 64.0 Å². The lowest BCUT2D eigenvalue weighted by atomic mass is 9.87. The molecule has 1 aromatic carbocycles. The summed E-state index contributed by atoms with van der Waals surface area (Å²) in [6.45, 7) is 22.7. The molecule has 0 unspecified atom stereocenters. The van der Waals surface area contributed by atoms with Gasteiger partial charge in [-0.15, -0.1) is 0 Å². The van der Waals surface area contributed by atoms with Crippen LogP contribution in [-0.2, 0) is 0 Å². The van der Waals surface area contributed by atoms with Gasteiger partial charge in [0.15, 0.2) is 0 Å². The number of piperidine rings is 2. The predicted octanol–water partition coefficient (Wildman–Crippen LogP) is 8.13. The zero-order valence-electron chi connectivity index (χ0n) is 29.5. The number of hydrogen-bond donors (Lipinski definition) is 1. The molecule has 3 heterocycles. The first-order valence-electron chi connectivity index (χ1n) is 18.5. The van der Waals surface area contributed by atoms with Gasteiger partial charge in [0.05, 0.1) is 0 Å². The number of rotatable bonds is 12. The highest BCUT2D eigenvalue weighted by Crippen LogP contribution is 2.33. The Labute approximate surface area is 277 Å². The number of allylic oxidation sites excluding steroid dienone is 5. The van der Waals surface area contributed by atoms with Gasteiger partial charge >= 0.3 is 0 Å². The van der Waals surface area contributed by atoms with Gasteiger partial charge in [0, 0.05) is 50.2 Å². The Morgan fingerprint density at radius 1 is 0.867 bits per heavy atom. The molecule has 45 heavy (non-hydrogen) atoms. The van der Waals surface area contributed by atoms with Crippen LogP contribution < -0.4 is 10.2 Å². The van der Waals surface area contributed by atoms with Crippen LogP contribution in [0.25, 0.3) is 5.57 Å². The maximum absolute atomic E-state index is 4.19. The highest BCUT2D eigenvalue weighted by atomic mass is 15.2. The Morgan fingerprint density at radius 3 is 2.09 bits per heavy atom. The highest BCUT2D eigenvalue weighted by molar-refractivity contribution is 5.77. The van der Waals surface area contributed by atoms with Crippen molar-refractivity contribution in [3.8, 4) is 0 Å². The van der Waals surface area contributed by atoms with Crippen molar-refractivity contribution >= 4 is 11.3 Å². The predicted molar refractivity (Wildman–Crippen MR) is 197 cm³/mol. The smallest absolute Gasteiger partial charge is 0.0402 e. The summed E-state index contributed by atoms with van der Waals surface area (Å²) in [5, 5.41) is 3.90. The van der Waals surface area contributed by atoms with Crippen molar-refractivity contribution in [1.29, 1.82) is 0 Å². The minimum atomic E-state index is 0.839. The molecular formula is C40H65N5. The molecule has 0 bridgehead atoms. The van der Waals surface area contributed by atoms with Crippen LogP contribution in [0.15, 0.2) is 65.9 Å². The van der Waals surface area contributed by atoms with Crippen LogP contribution in [0.1, 0.15) is 97.0 Å². The van der Waals surface area contributed by atoms with E-state index in [1.54, 1.807) is 5.57 Å². The summed E-state index contributed by atoms with van der Waals surface area (Å²) in [6.07, 6.45) is 21.2. The lowest BCUT2D eigenvalue weighted by Gasteiger charge is -2.40. The van der Waals surface area contributed by atoms with E-state index in [0.717, 1.165) is 38.8 Å². The molecular weight excluding hydrogens is 550 g/mol. The van der Waals surface area contributed by atoms with E-state index in [9.17, 15) is 0 Å². The SMILES string of the molecule is C=C/C(=C\C(=C/C)C(NCCCN1CCC(N2CCCCC2)CC1)=C1CCC1)c1ccc(N2CCN(C)CC2)cc1.CCCC. The monoisotopic (exact) mass is 616 g/mol. The number of hydrogen-bond acceptors (Lipinski definition) is 5. The van der Waals surface area contributed by atoms with Gasteiger partial charge < -0.3 is 24.9 Å². The van der Waals surface area contributed by atoms with Crippen LogP contribution in [-0.4, -0.2) is 93.2 Å². The maximum atomic E-state index is 4.19. The fourth-order valence-electron chi connectivity index (χ4n) is 7.00.